The second-order valence-corrected chi connectivity index (χ2v) is 5.19. The molecule has 0 bridgehead atoms. The Morgan fingerprint density at radius 1 is 1.55 bits per heavy atom. The Morgan fingerprint density at radius 3 is 3.00 bits per heavy atom. The zero-order chi connectivity index (χ0) is 14.6. The van der Waals surface area contributed by atoms with Crippen LogP contribution in [0, 0.1) is 0 Å². The Bertz CT molecular complexity index is 454. The molecule has 0 spiro atoms. The van der Waals surface area contributed by atoms with E-state index in [4.69, 9.17) is 14.0 Å². The van der Waals surface area contributed by atoms with Crippen LogP contribution in [0.25, 0.3) is 0 Å². The lowest BCUT2D eigenvalue weighted by Crippen LogP contribution is -2.44. The predicted octanol–water partition coefficient (Wildman–Crippen LogP) is 0.786. The highest BCUT2D eigenvalue weighted by Gasteiger charge is 2.39. The number of carbonyl (C=O) groups excluding carboxylic acids is 1. The minimum atomic E-state index is -0.715. The summed E-state index contributed by atoms with van der Waals surface area (Å²) in [5.41, 5.74) is -0.715. The van der Waals surface area contributed by atoms with Crippen LogP contribution in [-0.4, -0.2) is 53.9 Å². The average molecular weight is 283 g/mol. The molecule has 7 nitrogen and oxygen atoms in total. The standard InChI is InChI=1S/C13H21N3O4/c1-13(6-4-7-19-13)12(17)16(2)9-11-14-10(15-20-11)5-8-18-3/h4-9H2,1-3H3. The maximum atomic E-state index is 12.3. The summed E-state index contributed by atoms with van der Waals surface area (Å²) in [4.78, 5) is 18.1. The molecule has 2 heterocycles. The zero-order valence-corrected chi connectivity index (χ0v) is 12.2. The van der Waals surface area contributed by atoms with E-state index in [1.54, 1.807) is 19.1 Å². The second-order valence-electron chi connectivity index (χ2n) is 5.19. The van der Waals surface area contributed by atoms with Crippen LogP contribution in [0.4, 0.5) is 0 Å². The van der Waals surface area contributed by atoms with E-state index < -0.39 is 5.60 Å². The molecule has 0 N–H and O–H groups in total. The molecule has 7 heteroatoms. The van der Waals surface area contributed by atoms with Crippen molar-refractivity contribution in [3.8, 4) is 0 Å². The number of amides is 1. The molecule has 20 heavy (non-hydrogen) atoms. The molecule has 1 saturated heterocycles. The first-order chi connectivity index (χ1) is 9.55. The summed E-state index contributed by atoms with van der Waals surface area (Å²) in [6.45, 7) is 3.30. The summed E-state index contributed by atoms with van der Waals surface area (Å²) >= 11 is 0. The van der Waals surface area contributed by atoms with Gasteiger partial charge in [0.05, 0.1) is 13.2 Å². The van der Waals surface area contributed by atoms with Gasteiger partial charge >= 0.3 is 0 Å². The lowest BCUT2D eigenvalue weighted by Gasteiger charge is -2.27. The zero-order valence-electron chi connectivity index (χ0n) is 12.2. The van der Waals surface area contributed by atoms with Gasteiger partial charge in [-0.3, -0.25) is 4.79 Å². The van der Waals surface area contributed by atoms with Crippen LogP contribution in [0.5, 0.6) is 0 Å². The minimum absolute atomic E-state index is 0.0494. The molecule has 0 radical (unpaired) electrons. The maximum absolute atomic E-state index is 12.3. The van der Waals surface area contributed by atoms with Gasteiger partial charge in [-0.2, -0.15) is 4.98 Å². The van der Waals surface area contributed by atoms with Gasteiger partial charge in [0.15, 0.2) is 5.82 Å². The van der Waals surface area contributed by atoms with E-state index >= 15 is 0 Å². The Morgan fingerprint density at radius 2 is 2.35 bits per heavy atom. The largest absolute Gasteiger partial charge is 0.384 e. The van der Waals surface area contributed by atoms with Crippen molar-refractivity contribution >= 4 is 5.91 Å². The van der Waals surface area contributed by atoms with E-state index in [1.807, 2.05) is 6.92 Å². The molecule has 1 unspecified atom stereocenters. The first-order valence-electron chi connectivity index (χ1n) is 6.75. The smallest absolute Gasteiger partial charge is 0.254 e. The van der Waals surface area contributed by atoms with Crippen LogP contribution in [-0.2, 0) is 27.2 Å². The monoisotopic (exact) mass is 283 g/mol. The van der Waals surface area contributed by atoms with E-state index in [0.29, 0.717) is 31.3 Å². The van der Waals surface area contributed by atoms with Gasteiger partial charge in [0.2, 0.25) is 5.89 Å². The van der Waals surface area contributed by atoms with E-state index in [2.05, 4.69) is 10.1 Å². The van der Waals surface area contributed by atoms with Crippen molar-refractivity contribution in [1.29, 1.82) is 0 Å². The summed E-state index contributed by atoms with van der Waals surface area (Å²) in [6, 6.07) is 0. The van der Waals surface area contributed by atoms with Gasteiger partial charge in [0.25, 0.3) is 5.91 Å². The highest BCUT2D eigenvalue weighted by molar-refractivity contribution is 5.84. The van der Waals surface area contributed by atoms with Crippen molar-refractivity contribution in [2.75, 3.05) is 27.4 Å². The summed E-state index contributed by atoms with van der Waals surface area (Å²) in [7, 11) is 3.34. The number of hydrogen-bond acceptors (Lipinski definition) is 6. The molecule has 0 aromatic carbocycles. The molecular formula is C13H21N3O4. The van der Waals surface area contributed by atoms with Gasteiger partial charge in [-0.25, -0.2) is 0 Å². The summed E-state index contributed by atoms with van der Waals surface area (Å²) in [5.74, 6) is 0.964. The molecule has 1 aliphatic heterocycles. The minimum Gasteiger partial charge on any atom is -0.384 e. The van der Waals surface area contributed by atoms with Crippen molar-refractivity contribution in [2.45, 2.75) is 38.3 Å². The van der Waals surface area contributed by atoms with Gasteiger partial charge in [0, 0.05) is 27.2 Å². The molecule has 0 saturated carbocycles. The number of carbonyl (C=O) groups is 1. The lowest BCUT2D eigenvalue weighted by molar-refractivity contribution is -0.150. The Kier molecular flexibility index (Phi) is 4.72. The van der Waals surface area contributed by atoms with Crippen LogP contribution in [0.15, 0.2) is 4.52 Å². The number of nitrogens with zero attached hydrogens (tertiary/aromatic N) is 3. The third-order valence-electron chi connectivity index (χ3n) is 3.43. The molecule has 1 aromatic heterocycles. The quantitative estimate of drug-likeness (QED) is 0.768. The van der Waals surface area contributed by atoms with Crippen molar-refractivity contribution in [2.24, 2.45) is 0 Å². The highest BCUT2D eigenvalue weighted by Crippen LogP contribution is 2.27. The second kappa shape index (κ2) is 6.32. The molecule has 1 atom stereocenters. The van der Waals surface area contributed by atoms with E-state index in [1.165, 1.54) is 0 Å². The Balaban J connectivity index is 1.92. The third-order valence-corrected chi connectivity index (χ3v) is 3.43. The lowest BCUT2D eigenvalue weighted by atomic mass is 10.0. The number of rotatable bonds is 6. The van der Waals surface area contributed by atoms with Crippen LogP contribution < -0.4 is 0 Å². The fourth-order valence-electron chi connectivity index (χ4n) is 2.28. The number of aromatic nitrogens is 2. The maximum Gasteiger partial charge on any atom is 0.254 e. The van der Waals surface area contributed by atoms with Crippen LogP contribution >= 0.6 is 0 Å². The molecule has 2 rings (SSSR count). The topological polar surface area (TPSA) is 77.7 Å². The van der Waals surface area contributed by atoms with E-state index in [0.717, 1.165) is 12.8 Å². The summed E-state index contributed by atoms with van der Waals surface area (Å²) in [5, 5.41) is 3.85. The third kappa shape index (κ3) is 3.34. The molecule has 1 aliphatic rings. The van der Waals surface area contributed by atoms with Crippen LogP contribution in [0.3, 0.4) is 0 Å². The van der Waals surface area contributed by atoms with Gasteiger partial charge < -0.3 is 18.9 Å². The van der Waals surface area contributed by atoms with Crippen molar-refractivity contribution in [3.63, 3.8) is 0 Å². The predicted molar refractivity (Wildman–Crippen MR) is 69.9 cm³/mol. The first-order valence-corrected chi connectivity index (χ1v) is 6.75. The molecule has 1 aromatic rings. The van der Waals surface area contributed by atoms with Crippen molar-refractivity contribution in [1.82, 2.24) is 15.0 Å². The first kappa shape index (κ1) is 14.9. The van der Waals surface area contributed by atoms with Gasteiger partial charge in [-0.1, -0.05) is 5.16 Å². The van der Waals surface area contributed by atoms with Crippen LogP contribution in [0.1, 0.15) is 31.5 Å². The number of likely N-dealkylation sites (N-methyl/N-ethyl adjacent to an activating group) is 1. The summed E-state index contributed by atoms with van der Waals surface area (Å²) in [6.07, 6.45) is 2.26. The van der Waals surface area contributed by atoms with E-state index in [-0.39, 0.29) is 12.5 Å². The fraction of sp³-hybridized carbons (Fsp3) is 0.769. The SMILES string of the molecule is COCCc1noc(CN(C)C(=O)C2(C)CCCO2)n1. The Labute approximate surface area is 118 Å². The molecule has 1 amide bonds. The molecular weight excluding hydrogens is 262 g/mol. The molecule has 112 valence electrons. The van der Waals surface area contributed by atoms with E-state index in [9.17, 15) is 4.79 Å². The van der Waals surface area contributed by atoms with Crippen LogP contribution in [0.2, 0.25) is 0 Å². The van der Waals surface area contributed by atoms with Gasteiger partial charge in [0.1, 0.15) is 5.60 Å². The summed E-state index contributed by atoms with van der Waals surface area (Å²) < 4.78 is 15.6. The number of methoxy groups -OCH3 is 1. The normalized spacial score (nSPS) is 22.1. The Hall–Kier alpha value is -1.47. The number of hydrogen-bond donors (Lipinski definition) is 0. The number of ether oxygens (including phenoxy) is 2. The average Bonchev–Trinajstić information content (AvgIpc) is 3.05. The highest BCUT2D eigenvalue weighted by atomic mass is 16.5. The van der Waals surface area contributed by atoms with Crippen molar-refractivity contribution < 1.29 is 18.8 Å². The van der Waals surface area contributed by atoms with Gasteiger partial charge in [-0.15, -0.1) is 0 Å². The van der Waals surface area contributed by atoms with Crippen molar-refractivity contribution in [3.05, 3.63) is 11.7 Å². The fourth-order valence-corrected chi connectivity index (χ4v) is 2.28. The molecule has 1 fully saturated rings. The van der Waals surface area contributed by atoms with Gasteiger partial charge in [-0.05, 0) is 19.8 Å². The molecule has 0 aliphatic carbocycles.